The molecule has 0 spiro atoms. The Balaban J connectivity index is 1.31. The number of nitrogens with zero attached hydrogens (tertiary/aromatic N) is 1. The van der Waals surface area contributed by atoms with Crippen molar-refractivity contribution in [1.29, 1.82) is 0 Å². The molecule has 4 aromatic rings. The number of hydrogen-bond acceptors (Lipinski definition) is 8. The lowest BCUT2D eigenvalue weighted by Gasteiger charge is -2.38. The van der Waals surface area contributed by atoms with E-state index in [1.54, 1.807) is 27.4 Å². The predicted octanol–water partition coefficient (Wildman–Crippen LogP) is 5.83. The second kappa shape index (κ2) is 13.9. The van der Waals surface area contributed by atoms with Crippen molar-refractivity contribution in [2.45, 2.75) is 31.7 Å². The van der Waals surface area contributed by atoms with Crippen LogP contribution in [0.4, 0.5) is 0 Å². The molecule has 0 fully saturated rings. The summed E-state index contributed by atoms with van der Waals surface area (Å²) in [5.74, 6) is 2.85. The molecule has 4 aromatic carbocycles. The molecule has 47 heavy (non-hydrogen) atoms. The first-order valence-corrected chi connectivity index (χ1v) is 15.6. The Kier molecular flexibility index (Phi) is 9.37. The highest BCUT2D eigenvalue weighted by atomic mass is 16.5. The van der Waals surface area contributed by atoms with Crippen molar-refractivity contribution >= 4 is 11.8 Å². The average molecular weight is 639 g/mol. The molecule has 2 amide bonds. The zero-order valence-corrected chi connectivity index (χ0v) is 26.7. The minimum atomic E-state index is -0.390. The number of phenolic OH excluding ortho intramolecular Hbond substituents is 1. The third-order valence-corrected chi connectivity index (χ3v) is 8.53. The van der Waals surface area contributed by atoms with Gasteiger partial charge in [-0.3, -0.25) is 9.59 Å². The van der Waals surface area contributed by atoms with Crippen LogP contribution in [0, 0.1) is 0 Å². The molecule has 10 heteroatoms. The molecular weight excluding hydrogens is 600 g/mol. The smallest absolute Gasteiger partial charge is 0.255 e. The predicted molar refractivity (Wildman–Crippen MR) is 175 cm³/mol. The van der Waals surface area contributed by atoms with Crippen LogP contribution in [0.5, 0.6) is 40.2 Å². The minimum Gasteiger partial charge on any atom is -0.507 e. The van der Waals surface area contributed by atoms with Crippen molar-refractivity contribution in [3.63, 3.8) is 0 Å². The van der Waals surface area contributed by atoms with Crippen molar-refractivity contribution in [2.24, 2.45) is 0 Å². The number of ether oxygens (including phenoxy) is 5. The fourth-order valence-corrected chi connectivity index (χ4v) is 6.17. The van der Waals surface area contributed by atoms with Crippen LogP contribution < -0.4 is 29.0 Å². The van der Waals surface area contributed by atoms with E-state index in [9.17, 15) is 14.7 Å². The van der Waals surface area contributed by atoms with E-state index in [4.69, 9.17) is 23.7 Å². The van der Waals surface area contributed by atoms with E-state index < -0.39 is 5.91 Å². The number of aryl methyl sites for hydroxylation is 1. The Morgan fingerprint density at radius 2 is 1.62 bits per heavy atom. The summed E-state index contributed by atoms with van der Waals surface area (Å²) in [5.41, 5.74) is 4.10. The summed E-state index contributed by atoms with van der Waals surface area (Å²) >= 11 is 0. The summed E-state index contributed by atoms with van der Waals surface area (Å²) in [4.78, 5) is 28.7. The van der Waals surface area contributed by atoms with Gasteiger partial charge in [0.15, 0.2) is 11.5 Å². The van der Waals surface area contributed by atoms with Crippen LogP contribution in [0.15, 0.2) is 72.8 Å². The second-order valence-electron chi connectivity index (χ2n) is 11.4. The summed E-state index contributed by atoms with van der Waals surface area (Å²) in [6.45, 7) is 1.30. The van der Waals surface area contributed by atoms with E-state index >= 15 is 0 Å². The van der Waals surface area contributed by atoms with E-state index in [1.165, 1.54) is 12.1 Å². The number of phenols is 1. The Bertz CT molecular complexity index is 1750. The van der Waals surface area contributed by atoms with Crippen molar-refractivity contribution < 1.29 is 38.4 Å². The number of methoxy groups -OCH3 is 3. The number of carbonyl (C=O) groups is 2. The van der Waals surface area contributed by atoms with Crippen molar-refractivity contribution in [3.8, 4) is 40.2 Å². The van der Waals surface area contributed by atoms with Gasteiger partial charge in [0.05, 0.1) is 39.5 Å². The van der Waals surface area contributed by atoms with Gasteiger partial charge in [0, 0.05) is 19.5 Å². The first-order valence-electron chi connectivity index (χ1n) is 15.6. The van der Waals surface area contributed by atoms with Crippen molar-refractivity contribution in [1.82, 2.24) is 10.2 Å². The molecule has 244 valence electrons. The van der Waals surface area contributed by atoms with Gasteiger partial charge >= 0.3 is 0 Å². The quantitative estimate of drug-likeness (QED) is 0.271. The highest BCUT2D eigenvalue weighted by Gasteiger charge is 2.32. The van der Waals surface area contributed by atoms with Crippen LogP contribution in [-0.2, 0) is 17.6 Å². The third kappa shape index (κ3) is 6.77. The molecule has 2 N–H and O–H groups in total. The molecule has 1 unspecified atom stereocenters. The van der Waals surface area contributed by atoms with Gasteiger partial charge in [-0.25, -0.2) is 0 Å². The molecule has 0 aliphatic carbocycles. The fourth-order valence-electron chi connectivity index (χ4n) is 6.17. The molecule has 1 atom stereocenters. The second-order valence-corrected chi connectivity index (χ2v) is 11.4. The number of rotatable bonds is 6. The minimum absolute atomic E-state index is 0.0298. The van der Waals surface area contributed by atoms with Crippen LogP contribution in [0.1, 0.15) is 51.5 Å². The number of nitrogens with one attached hydrogen (secondary N) is 1. The van der Waals surface area contributed by atoms with Crippen LogP contribution >= 0.6 is 0 Å². The largest absolute Gasteiger partial charge is 0.507 e. The van der Waals surface area contributed by atoms with E-state index in [0.717, 1.165) is 22.3 Å². The SMILES string of the molecule is COc1cc(CCC(=O)N2CCc3cc4ccc3C2c2ccc(cc2)OCCCNC(=O)c2cc(ccc2O)O4)cc(OC)c1OC. The van der Waals surface area contributed by atoms with Crippen LogP contribution in [0.2, 0.25) is 0 Å². The normalized spacial score (nSPS) is 15.8. The standard InChI is InChI=1S/C37H38N2O8/c1-43-32-19-23(20-33(44-2)36(32)45-3)5-14-34(41)39-17-15-25-21-27-10-12-29(25)35(39)24-6-8-26(9-7-24)46-18-4-16-38-37(42)30-22-28(47-27)11-13-31(30)40/h6-13,19-22,35,40H,4-5,14-18H2,1-3H3,(H,38,42). The zero-order valence-electron chi connectivity index (χ0n) is 26.7. The first kappa shape index (κ1) is 31.6. The maximum absolute atomic E-state index is 14.0. The maximum atomic E-state index is 14.0. The Hall–Kier alpha value is -5.38. The lowest BCUT2D eigenvalue weighted by atomic mass is 9.87. The number of carbonyl (C=O) groups excluding carboxylic acids is 2. The van der Waals surface area contributed by atoms with Crippen molar-refractivity contribution in [2.75, 3.05) is 41.0 Å². The van der Waals surface area contributed by atoms with Gasteiger partial charge in [-0.1, -0.05) is 18.2 Å². The molecule has 9 rings (SSSR count). The molecule has 0 radical (unpaired) electrons. The van der Waals surface area contributed by atoms with Gasteiger partial charge in [-0.15, -0.1) is 0 Å². The molecule has 5 aliphatic rings. The Labute approximate surface area is 273 Å². The maximum Gasteiger partial charge on any atom is 0.255 e. The first-order chi connectivity index (χ1) is 22.9. The van der Waals surface area contributed by atoms with Gasteiger partial charge in [0.1, 0.15) is 23.0 Å². The summed E-state index contributed by atoms with van der Waals surface area (Å²) < 4.78 is 28.6. The Morgan fingerprint density at radius 3 is 2.34 bits per heavy atom. The van der Waals surface area contributed by atoms with E-state index in [0.29, 0.717) is 79.9 Å². The molecule has 10 nitrogen and oxygen atoms in total. The van der Waals surface area contributed by atoms with Crippen LogP contribution in [0.25, 0.3) is 0 Å². The Morgan fingerprint density at radius 1 is 0.915 bits per heavy atom. The van der Waals surface area contributed by atoms with Gasteiger partial charge < -0.3 is 39.0 Å². The molecule has 8 bridgehead atoms. The van der Waals surface area contributed by atoms with E-state index in [1.807, 2.05) is 59.5 Å². The van der Waals surface area contributed by atoms with E-state index in [-0.39, 0.29) is 23.3 Å². The monoisotopic (exact) mass is 638 g/mol. The average Bonchev–Trinajstić information content (AvgIpc) is 3.10. The van der Waals surface area contributed by atoms with Crippen molar-refractivity contribution in [3.05, 3.63) is 101 Å². The topological polar surface area (TPSA) is 116 Å². The molecular formula is C37H38N2O8. The van der Waals surface area contributed by atoms with Gasteiger partial charge in [-0.05, 0) is 96.1 Å². The number of benzene rings is 4. The molecule has 5 aliphatic heterocycles. The number of amides is 2. The van der Waals surface area contributed by atoms with E-state index in [2.05, 4.69) is 5.32 Å². The van der Waals surface area contributed by atoms with Crippen LogP contribution in [0.3, 0.4) is 0 Å². The fraction of sp³-hybridized carbons (Fsp3) is 0.297. The summed E-state index contributed by atoms with van der Waals surface area (Å²) in [5, 5.41) is 13.2. The lowest BCUT2D eigenvalue weighted by molar-refractivity contribution is -0.133. The molecule has 0 saturated heterocycles. The zero-order chi connectivity index (χ0) is 32.9. The highest BCUT2D eigenvalue weighted by molar-refractivity contribution is 5.97. The molecule has 0 aromatic heterocycles. The lowest BCUT2D eigenvalue weighted by Crippen LogP contribution is -2.40. The number of hydrogen-bond donors (Lipinski definition) is 2. The highest BCUT2D eigenvalue weighted by Crippen LogP contribution is 2.40. The van der Waals surface area contributed by atoms with Gasteiger partial charge in [0.25, 0.3) is 5.91 Å². The van der Waals surface area contributed by atoms with Gasteiger partial charge in [-0.2, -0.15) is 0 Å². The van der Waals surface area contributed by atoms with Gasteiger partial charge in [0.2, 0.25) is 11.7 Å². The summed E-state index contributed by atoms with van der Waals surface area (Å²) in [7, 11) is 4.71. The molecule has 0 saturated carbocycles. The van der Waals surface area contributed by atoms with Crippen LogP contribution in [-0.4, -0.2) is 62.8 Å². The summed E-state index contributed by atoms with van der Waals surface area (Å²) in [6.07, 6.45) is 2.01. The molecule has 5 heterocycles. The number of aromatic hydroxyl groups is 1. The third-order valence-electron chi connectivity index (χ3n) is 8.53. The summed E-state index contributed by atoms with van der Waals surface area (Å²) in [6, 6.07) is 21.7.